The third-order valence-corrected chi connectivity index (χ3v) is 4.17. The number of carbonyl (C=O) groups excluding carboxylic acids is 1. The molecule has 2 atom stereocenters. The Balaban J connectivity index is 1.86. The SMILES string of the molecule is CC(C)n1cc(C(=O)N2C[C@@H](O)C[C@H]2c2ccc(F)cc2)cn1. The van der Waals surface area contributed by atoms with Gasteiger partial charge in [0, 0.05) is 18.8 Å². The quantitative estimate of drug-likeness (QED) is 0.946. The van der Waals surface area contributed by atoms with E-state index in [1.54, 1.807) is 34.1 Å². The van der Waals surface area contributed by atoms with Crippen molar-refractivity contribution in [1.29, 1.82) is 0 Å². The van der Waals surface area contributed by atoms with Crippen molar-refractivity contribution in [3.05, 3.63) is 53.6 Å². The molecule has 122 valence electrons. The van der Waals surface area contributed by atoms with Crippen molar-refractivity contribution >= 4 is 5.91 Å². The summed E-state index contributed by atoms with van der Waals surface area (Å²) in [6.45, 7) is 4.25. The Hall–Kier alpha value is -2.21. The maximum Gasteiger partial charge on any atom is 0.257 e. The van der Waals surface area contributed by atoms with Gasteiger partial charge in [0.2, 0.25) is 0 Å². The lowest BCUT2D eigenvalue weighted by Gasteiger charge is -2.24. The fourth-order valence-corrected chi connectivity index (χ4v) is 2.94. The van der Waals surface area contributed by atoms with Crippen LogP contribution in [0, 0.1) is 5.82 Å². The van der Waals surface area contributed by atoms with Crippen LogP contribution in [0.3, 0.4) is 0 Å². The number of aliphatic hydroxyl groups excluding tert-OH is 1. The number of β-amino-alcohol motifs (C(OH)–C–C–N with tert-alkyl or cyclic N) is 1. The van der Waals surface area contributed by atoms with Gasteiger partial charge in [0.05, 0.1) is 23.9 Å². The lowest BCUT2D eigenvalue weighted by atomic mass is 10.0. The van der Waals surface area contributed by atoms with Gasteiger partial charge in [0.15, 0.2) is 0 Å². The van der Waals surface area contributed by atoms with E-state index in [0.717, 1.165) is 5.56 Å². The highest BCUT2D eigenvalue weighted by atomic mass is 19.1. The molecule has 3 rings (SSSR count). The number of benzene rings is 1. The maximum absolute atomic E-state index is 13.1. The Kier molecular flexibility index (Phi) is 4.17. The number of amides is 1. The molecule has 0 aliphatic carbocycles. The number of likely N-dealkylation sites (tertiary alicyclic amines) is 1. The van der Waals surface area contributed by atoms with Crippen molar-refractivity contribution in [2.45, 2.75) is 38.5 Å². The smallest absolute Gasteiger partial charge is 0.257 e. The molecule has 0 radical (unpaired) electrons. The lowest BCUT2D eigenvalue weighted by Crippen LogP contribution is -2.31. The summed E-state index contributed by atoms with van der Waals surface area (Å²) in [6.07, 6.45) is 3.15. The minimum absolute atomic E-state index is 0.164. The van der Waals surface area contributed by atoms with Gasteiger partial charge >= 0.3 is 0 Å². The number of rotatable bonds is 3. The molecular formula is C17H20FN3O2. The van der Waals surface area contributed by atoms with Gasteiger partial charge in [-0.3, -0.25) is 9.48 Å². The largest absolute Gasteiger partial charge is 0.391 e. The standard InChI is InChI=1S/C17H20FN3O2/c1-11(2)21-9-13(8-19-21)17(23)20-10-15(22)7-16(20)12-3-5-14(18)6-4-12/h3-6,8-9,11,15-16,22H,7,10H2,1-2H3/t15-,16-/m0/s1. The second-order valence-electron chi connectivity index (χ2n) is 6.22. The molecule has 0 saturated carbocycles. The van der Waals surface area contributed by atoms with E-state index in [2.05, 4.69) is 5.10 Å². The molecular weight excluding hydrogens is 297 g/mol. The van der Waals surface area contributed by atoms with Gasteiger partial charge in [0.25, 0.3) is 5.91 Å². The third-order valence-electron chi connectivity index (χ3n) is 4.17. The minimum Gasteiger partial charge on any atom is -0.391 e. The average Bonchev–Trinajstić information content (AvgIpc) is 3.14. The number of hydrogen-bond acceptors (Lipinski definition) is 3. The summed E-state index contributed by atoms with van der Waals surface area (Å²) < 4.78 is 14.8. The Labute approximate surface area is 134 Å². The van der Waals surface area contributed by atoms with E-state index < -0.39 is 6.10 Å². The molecule has 0 spiro atoms. The van der Waals surface area contributed by atoms with Gasteiger partial charge in [0.1, 0.15) is 5.82 Å². The molecule has 23 heavy (non-hydrogen) atoms. The minimum atomic E-state index is -0.575. The van der Waals surface area contributed by atoms with Crippen LogP contribution in [-0.2, 0) is 0 Å². The van der Waals surface area contributed by atoms with Crippen molar-refractivity contribution in [3.63, 3.8) is 0 Å². The molecule has 1 N–H and O–H groups in total. The molecule has 1 aromatic heterocycles. The van der Waals surface area contributed by atoms with Crippen molar-refractivity contribution < 1.29 is 14.3 Å². The molecule has 2 aromatic rings. The first-order chi connectivity index (χ1) is 11.0. The highest BCUT2D eigenvalue weighted by Crippen LogP contribution is 2.33. The predicted octanol–water partition coefficient (Wildman–Crippen LogP) is 2.55. The number of aromatic nitrogens is 2. The zero-order chi connectivity index (χ0) is 16.6. The second-order valence-corrected chi connectivity index (χ2v) is 6.22. The monoisotopic (exact) mass is 317 g/mol. The summed E-state index contributed by atoms with van der Waals surface area (Å²) in [7, 11) is 0. The summed E-state index contributed by atoms with van der Waals surface area (Å²) in [5, 5.41) is 14.2. The molecule has 6 heteroatoms. The van der Waals surface area contributed by atoms with Gasteiger partial charge < -0.3 is 10.0 Å². The fourth-order valence-electron chi connectivity index (χ4n) is 2.94. The summed E-state index contributed by atoms with van der Waals surface area (Å²) in [5.41, 5.74) is 1.33. The molecule has 1 saturated heterocycles. The molecule has 0 bridgehead atoms. The Bertz CT molecular complexity index is 696. The van der Waals surface area contributed by atoms with Gasteiger partial charge in [-0.05, 0) is 38.0 Å². The Morgan fingerprint density at radius 1 is 1.35 bits per heavy atom. The van der Waals surface area contributed by atoms with E-state index in [1.807, 2.05) is 13.8 Å². The van der Waals surface area contributed by atoms with Crippen LogP contribution in [0.1, 0.15) is 48.3 Å². The first kappa shape index (κ1) is 15.7. The predicted molar refractivity (Wildman–Crippen MR) is 83.4 cm³/mol. The lowest BCUT2D eigenvalue weighted by molar-refractivity contribution is 0.0715. The molecule has 1 fully saturated rings. The first-order valence-electron chi connectivity index (χ1n) is 7.74. The zero-order valence-electron chi connectivity index (χ0n) is 13.2. The van der Waals surface area contributed by atoms with E-state index in [4.69, 9.17) is 0 Å². The molecule has 1 aromatic carbocycles. The molecule has 2 heterocycles. The summed E-state index contributed by atoms with van der Waals surface area (Å²) in [6, 6.07) is 6.00. The fraction of sp³-hybridized carbons (Fsp3) is 0.412. The number of aliphatic hydroxyl groups is 1. The summed E-state index contributed by atoms with van der Waals surface area (Å²) in [5.74, 6) is -0.480. The Morgan fingerprint density at radius 3 is 2.65 bits per heavy atom. The van der Waals surface area contributed by atoms with Gasteiger partial charge in [-0.2, -0.15) is 5.10 Å². The van der Waals surface area contributed by atoms with Crippen molar-refractivity contribution in [3.8, 4) is 0 Å². The molecule has 5 nitrogen and oxygen atoms in total. The van der Waals surface area contributed by atoms with E-state index in [0.29, 0.717) is 12.0 Å². The zero-order valence-corrected chi connectivity index (χ0v) is 13.2. The van der Waals surface area contributed by atoms with E-state index in [9.17, 15) is 14.3 Å². The van der Waals surface area contributed by atoms with Crippen LogP contribution in [0.4, 0.5) is 4.39 Å². The molecule has 1 amide bonds. The van der Waals surface area contributed by atoms with Gasteiger partial charge in [-0.15, -0.1) is 0 Å². The van der Waals surface area contributed by atoms with Crippen LogP contribution in [-0.4, -0.2) is 38.3 Å². The van der Waals surface area contributed by atoms with Crippen LogP contribution in [0.25, 0.3) is 0 Å². The van der Waals surface area contributed by atoms with Crippen LogP contribution in [0.5, 0.6) is 0 Å². The average molecular weight is 317 g/mol. The molecule has 1 aliphatic rings. The normalized spacial score (nSPS) is 21.2. The van der Waals surface area contributed by atoms with Crippen LogP contribution < -0.4 is 0 Å². The molecule has 0 unspecified atom stereocenters. The topological polar surface area (TPSA) is 58.4 Å². The molecule has 1 aliphatic heterocycles. The van der Waals surface area contributed by atoms with Crippen LogP contribution in [0.15, 0.2) is 36.7 Å². The van der Waals surface area contributed by atoms with E-state index in [1.165, 1.54) is 12.1 Å². The van der Waals surface area contributed by atoms with Crippen molar-refractivity contribution in [2.75, 3.05) is 6.54 Å². The number of carbonyl (C=O) groups is 1. The third kappa shape index (κ3) is 3.12. The van der Waals surface area contributed by atoms with Gasteiger partial charge in [-0.1, -0.05) is 12.1 Å². The number of hydrogen-bond donors (Lipinski definition) is 1. The number of nitrogens with zero attached hydrogens (tertiary/aromatic N) is 3. The highest BCUT2D eigenvalue weighted by Gasteiger charge is 2.36. The second kappa shape index (κ2) is 6.12. The highest BCUT2D eigenvalue weighted by molar-refractivity contribution is 5.94. The Morgan fingerprint density at radius 2 is 2.04 bits per heavy atom. The van der Waals surface area contributed by atoms with Crippen molar-refractivity contribution in [2.24, 2.45) is 0 Å². The van der Waals surface area contributed by atoms with Crippen LogP contribution >= 0.6 is 0 Å². The number of halogens is 1. The summed E-state index contributed by atoms with van der Waals surface area (Å²) >= 11 is 0. The van der Waals surface area contributed by atoms with Crippen LogP contribution in [0.2, 0.25) is 0 Å². The first-order valence-corrected chi connectivity index (χ1v) is 7.74. The van der Waals surface area contributed by atoms with Gasteiger partial charge in [-0.25, -0.2) is 4.39 Å². The van der Waals surface area contributed by atoms with E-state index in [-0.39, 0.29) is 30.4 Å². The maximum atomic E-state index is 13.1. The van der Waals surface area contributed by atoms with Crippen molar-refractivity contribution in [1.82, 2.24) is 14.7 Å². The van der Waals surface area contributed by atoms with E-state index >= 15 is 0 Å². The summed E-state index contributed by atoms with van der Waals surface area (Å²) in [4.78, 5) is 14.4.